The Morgan fingerprint density at radius 2 is 2.07 bits per heavy atom. The molecule has 0 aliphatic rings. The normalized spacial score (nSPS) is 10.9. The first-order valence-electron chi connectivity index (χ1n) is 8.55. The third-order valence-electron chi connectivity index (χ3n) is 4.15. The Morgan fingerprint density at radius 1 is 1.30 bits per heavy atom. The summed E-state index contributed by atoms with van der Waals surface area (Å²) < 4.78 is 6.60. The lowest BCUT2D eigenvalue weighted by atomic mass is 10.2. The minimum Gasteiger partial charge on any atom is -0.361 e. The van der Waals surface area contributed by atoms with Crippen LogP contribution in [0.1, 0.15) is 23.9 Å². The second-order valence-corrected chi connectivity index (χ2v) is 6.96. The molecule has 2 aromatic heterocycles. The number of rotatable bonds is 7. The average molecular weight is 387 g/mol. The van der Waals surface area contributed by atoms with E-state index in [0.717, 1.165) is 17.0 Å². The number of benzene rings is 1. The second-order valence-electron chi connectivity index (χ2n) is 5.97. The molecule has 0 atom stereocenters. The average Bonchev–Trinajstić information content (AvgIpc) is 2.98. The summed E-state index contributed by atoms with van der Waals surface area (Å²) in [6.07, 6.45) is 0. The van der Waals surface area contributed by atoms with Crippen molar-refractivity contribution in [3.63, 3.8) is 0 Å². The zero-order valence-electron chi connectivity index (χ0n) is 15.4. The maximum atomic E-state index is 12.5. The molecule has 1 amide bonds. The number of hydrogen-bond donors (Lipinski definition) is 2. The van der Waals surface area contributed by atoms with Crippen molar-refractivity contribution >= 4 is 34.5 Å². The van der Waals surface area contributed by atoms with Gasteiger partial charge < -0.3 is 4.52 Å². The molecule has 2 heterocycles. The summed E-state index contributed by atoms with van der Waals surface area (Å²) in [6.45, 7) is 6.02. The van der Waals surface area contributed by atoms with E-state index in [9.17, 15) is 9.59 Å². The van der Waals surface area contributed by atoms with Gasteiger partial charge in [0.05, 0.1) is 22.3 Å². The number of carbonyl (C=O) groups is 1. The molecule has 1 aromatic carbocycles. The van der Waals surface area contributed by atoms with Crippen LogP contribution in [0.4, 0.5) is 5.95 Å². The molecule has 142 valence electrons. The van der Waals surface area contributed by atoms with Crippen LogP contribution in [0.5, 0.6) is 0 Å². The summed E-state index contributed by atoms with van der Waals surface area (Å²) in [5, 5.41) is 4.45. The van der Waals surface area contributed by atoms with Crippen LogP contribution in [-0.4, -0.2) is 26.4 Å². The van der Waals surface area contributed by atoms with Crippen LogP contribution in [0.25, 0.3) is 10.9 Å². The van der Waals surface area contributed by atoms with Crippen molar-refractivity contribution in [2.24, 2.45) is 0 Å². The lowest BCUT2D eigenvalue weighted by molar-refractivity contribution is -0.118. The van der Waals surface area contributed by atoms with Crippen molar-refractivity contribution in [2.45, 2.75) is 33.1 Å². The molecular weight excluding hydrogens is 366 g/mol. The van der Waals surface area contributed by atoms with Gasteiger partial charge in [-0.25, -0.2) is 4.98 Å². The Bertz CT molecular complexity index is 1010. The van der Waals surface area contributed by atoms with Gasteiger partial charge in [-0.2, -0.15) is 0 Å². The highest BCUT2D eigenvalue weighted by molar-refractivity contribution is 7.99. The van der Waals surface area contributed by atoms with Crippen LogP contribution >= 0.6 is 11.8 Å². The predicted molar refractivity (Wildman–Crippen MR) is 106 cm³/mol. The smallest absolute Gasteiger partial charge is 0.262 e. The summed E-state index contributed by atoms with van der Waals surface area (Å²) in [5.41, 5.74) is 7.66. The molecule has 0 aliphatic carbocycles. The Morgan fingerprint density at radius 3 is 2.78 bits per heavy atom. The lowest BCUT2D eigenvalue weighted by Gasteiger charge is -2.13. The number of anilines is 1. The van der Waals surface area contributed by atoms with Gasteiger partial charge in [0.2, 0.25) is 11.9 Å². The molecule has 8 nitrogen and oxygen atoms in total. The first kappa shape index (κ1) is 19.0. The number of amides is 1. The fraction of sp³-hybridized carbons (Fsp3) is 0.333. The Kier molecular flexibility index (Phi) is 5.80. The molecule has 0 spiro atoms. The highest BCUT2D eigenvalue weighted by Gasteiger charge is 2.12. The highest BCUT2D eigenvalue weighted by atomic mass is 32.2. The van der Waals surface area contributed by atoms with E-state index in [1.807, 2.05) is 26.8 Å². The fourth-order valence-electron chi connectivity index (χ4n) is 2.67. The fourth-order valence-corrected chi connectivity index (χ4v) is 3.65. The molecule has 3 aromatic rings. The number of para-hydroxylation sites is 1. The molecule has 0 saturated carbocycles. The molecule has 0 saturated heterocycles. The number of fused-ring (bicyclic) bond motifs is 1. The van der Waals surface area contributed by atoms with Crippen LogP contribution in [0.3, 0.4) is 0 Å². The Hall–Kier alpha value is -2.81. The van der Waals surface area contributed by atoms with Crippen molar-refractivity contribution < 1.29 is 9.32 Å². The molecule has 0 unspecified atom stereocenters. The van der Waals surface area contributed by atoms with Gasteiger partial charge in [0.15, 0.2) is 0 Å². The minimum absolute atomic E-state index is 0.146. The summed E-state index contributed by atoms with van der Waals surface area (Å²) in [7, 11) is 0. The van der Waals surface area contributed by atoms with Crippen molar-refractivity contribution in [2.75, 3.05) is 11.2 Å². The first-order chi connectivity index (χ1) is 13.0. The van der Waals surface area contributed by atoms with Crippen molar-refractivity contribution in [3.8, 4) is 0 Å². The van der Waals surface area contributed by atoms with Gasteiger partial charge >= 0.3 is 0 Å². The van der Waals surface area contributed by atoms with E-state index >= 15 is 0 Å². The third-order valence-corrected chi connectivity index (χ3v) is 5.11. The van der Waals surface area contributed by atoms with Gasteiger partial charge in [-0.05, 0) is 32.9 Å². The molecule has 27 heavy (non-hydrogen) atoms. The molecule has 0 radical (unpaired) electrons. The largest absolute Gasteiger partial charge is 0.361 e. The van der Waals surface area contributed by atoms with Crippen LogP contribution in [-0.2, 0) is 17.1 Å². The zero-order chi connectivity index (χ0) is 19.4. The molecule has 2 N–H and O–H groups in total. The van der Waals surface area contributed by atoms with E-state index in [2.05, 4.69) is 21.0 Å². The summed E-state index contributed by atoms with van der Waals surface area (Å²) in [5.74, 6) is 1.76. The van der Waals surface area contributed by atoms with Crippen molar-refractivity contribution in [3.05, 3.63) is 51.6 Å². The Labute approximate surface area is 160 Å². The molecule has 0 bridgehead atoms. The number of aryl methyl sites for hydroxylation is 2. The summed E-state index contributed by atoms with van der Waals surface area (Å²) in [6, 6.07) is 7.13. The van der Waals surface area contributed by atoms with E-state index in [0.29, 0.717) is 29.1 Å². The van der Waals surface area contributed by atoms with Crippen molar-refractivity contribution in [1.82, 2.24) is 20.1 Å². The quantitative estimate of drug-likeness (QED) is 0.600. The van der Waals surface area contributed by atoms with Gasteiger partial charge in [-0.15, -0.1) is 11.8 Å². The number of hydrazine groups is 1. The van der Waals surface area contributed by atoms with E-state index in [1.165, 1.54) is 16.3 Å². The molecule has 3 rings (SSSR count). The van der Waals surface area contributed by atoms with Crippen LogP contribution in [0.15, 0.2) is 33.6 Å². The van der Waals surface area contributed by atoms with Gasteiger partial charge in [0.25, 0.3) is 5.56 Å². The second kappa shape index (κ2) is 8.26. The first-order valence-corrected chi connectivity index (χ1v) is 9.70. The van der Waals surface area contributed by atoms with Crippen LogP contribution in [0.2, 0.25) is 0 Å². The molecular formula is C18H21N5O3S. The van der Waals surface area contributed by atoms with Gasteiger partial charge in [0.1, 0.15) is 5.76 Å². The maximum Gasteiger partial charge on any atom is 0.262 e. The summed E-state index contributed by atoms with van der Waals surface area (Å²) >= 11 is 1.46. The Balaban J connectivity index is 1.62. The van der Waals surface area contributed by atoms with Gasteiger partial charge in [0, 0.05) is 17.9 Å². The third kappa shape index (κ3) is 4.13. The van der Waals surface area contributed by atoms with Crippen LogP contribution < -0.4 is 16.4 Å². The number of thioether (sulfide) groups is 1. The van der Waals surface area contributed by atoms with E-state index in [4.69, 9.17) is 4.52 Å². The standard InChI is InChI=1S/C18H21N5O3S/c1-4-23-17(25)13-7-5-6-8-15(13)19-18(23)21-20-16(24)10-27-9-14-11(2)22-26-12(14)3/h5-8H,4,9-10H2,1-3H3,(H,19,21)(H,20,24). The van der Waals surface area contributed by atoms with Crippen LogP contribution in [0, 0.1) is 13.8 Å². The molecule has 0 fully saturated rings. The highest BCUT2D eigenvalue weighted by Crippen LogP contribution is 2.19. The van der Waals surface area contributed by atoms with Gasteiger partial charge in [-0.1, -0.05) is 17.3 Å². The predicted octanol–water partition coefficient (Wildman–Crippen LogP) is 2.40. The number of nitrogens with one attached hydrogen (secondary N) is 2. The number of nitrogens with zero attached hydrogens (tertiary/aromatic N) is 3. The number of aromatic nitrogens is 3. The zero-order valence-corrected chi connectivity index (χ0v) is 16.2. The molecule has 0 aliphatic heterocycles. The maximum absolute atomic E-state index is 12.5. The van der Waals surface area contributed by atoms with E-state index in [1.54, 1.807) is 18.2 Å². The molecule has 9 heteroatoms. The number of hydrogen-bond acceptors (Lipinski definition) is 7. The summed E-state index contributed by atoms with van der Waals surface area (Å²) in [4.78, 5) is 29.1. The van der Waals surface area contributed by atoms with E-state index < -0.39 is 0 Å². The topological polar surface area (TPSA) is 102 Å². The SMILES string of the molecule is CCn1c(NNC(=O)CSCc2c(C)noc2C)nc2ccccc2c1=O. The van der Waals surface area contributed by atoms with Crippen molar-refractivity contribution in [1.29, 1.82) is 0 Å². The van der Waals surface area contributed by atoms with E-state index in [-0.39, 0.29) is 17.2 Å². The number of carbonyl (C=O) groups excluding carboxylic acids is 1. The van der Waals surface area contributed by atoms with Gasteiger partial charge in [-0.3, -0.25) is 25.0 Å². The monoisotopic (exact) mass is 387 g/mol. The lowest BCUT2D eigenvalue weighted by Crippen LogP contribution is -2.35. The minimum atomic E-state index is -0.211.